The van der Waals surface area contributed by atoms with E-state index in [-0.39, 0.29) is 33.1 Å². The number of benzene rings is 2. The number of nitrogens with zero attached hydrogens (tertiary/aromatic N) is 8. The number of aromatic nitrogens is 4. The van der Waals surface area contributed by atoms with Gasteiger partial charge in [-0.05, 0) is 86.3 Å². The van der Waals surface area contributed by atoms with Crippen LogP contribution in [0.15, 0.2) is 106 Å². The Bertz CT molecular complexity index is 3570. The summed E-state index contributed by atoms with van der Waals surface area (Å²) in [6.45, 7) is 6.09. The number of carboxylic acids is 2. The fraction of sp³-hybridized carbons (Fsp3) is 0.333. The van der Waals surface area contributed by atoms with Gasteiger partial charge in [0, 0.05) is 36.0 Å². The van der Waals surface area contributed by atoms with E-state index in [9.17, 15) is 47.4 Å². The maximum Gasteiger partial charge on any atom is 0.442 e. The molecule has 4 amide bonds. The Hall–Kier alpha value is -9.65. The number of nitrogen functional groups attached to an aromatic ring is 2. The summed E-state index contributed by atoms with van der Waals surface area (Å²) < 4.78 is 52.2. The van der Waals surface area contributed by atoms with E-state index < -0.39 is 106 Å². The summed E-state index contributed by atoms with van der Waals surface area (Å²) in [5, 5.41) is 42.3. The molecule has 0 radical (unpaired) electrons. The van der Waals surface area contributed by atoms with E-state index in [0.717, 1.165) is 56.6 Å². The van der Waals surface area contributed by atoms with Gasteiger partial charge < -0.3 is 62.9 Å². The molecule has 0 spiro atoms. The molecular weight excluding hydrogens is 1220 g/mol. The molecule has 6 aromatic rings. The zero-order valence-corrected chi connectivity index (χ0v) is 51.0. The predicted molar refractivity (Wildman–Crippen MR) is 320 cm³/mol. The Labute approximate surface area is 516 Å². The summed E-state index contributed by atoms with van der Waals surface area (Å²) in [6, 6.07) is 18.2. The summed E-state index contributed by atoms with van der Waals surface area (Å²) in [6.07, 6.45) is 0.192. The fourth-order valence-corrected chi connectivity index (χ4v) is 10.7. The van der Waals surface area contributed by atoms with Crippen LogP contribution in [-0.4, -0.2) is 160 Å². The van der Waals surface area contributed by atoms with Crippen LogP contribution in [0.3, 0.4) is 0 Å². The van der Waals surface area contributed by atoms with Crippen molar-refractivity contribution in [2.45, 2.75) is 63.1 Å². The largest absolute Gasteiger partial charge is 0.489 e. The molecule has 6 heterocycles. The number of β-lactam (4-membered cyclic amide) rings is 2. The summed E-state index contributed by atoms with van der Waals surface area (Å²) in [5.41, 5.74) is 21.5. The molecule has 0 aliphatic carbocycles. The number of oxime groups is 2. The zero-order chi connectivity index (χ0) is 64.5. The molecule has 4 aromatic heterocycles. The molecule has 89 heavy (non-hydrogen) atoms. The van der Waals surface area contributed by atoms with Gasteiger partial charge in [0.15, 0.2) is 21.7 Å². The van der Waals surface area contributed by atoms with Crippen molar-refractivity contribution in [2.24, 2.45) is 35.9 Å². The Kier molecular flexibility index (Phi) is 20.3. The average molecular weight is 1290 g/mol. The lowest BCUT2D eigenvalue weighted by molar-refractivity contribution is -0.657. The van der Waals surface area contributed by atoms with Gasteiger partial charge in [-0.3, -0.25) is 29.8 Å². The van der Waals surface area contributed by atoms with Crippen molar-refractivity contribution in [1.82, 2.24) is 30.7 Å². The number of amides is 4. The van der Waals surface area contributed by atoms with E-state index in [1.54, 1.807) is 48.5 Å². The first-order valence-electron chi connectivity index (χ1n) is 26.8. The lowest BCUT2D eigenvalue weighted by Crippen LogP contribution is -2.78. The number of rotatable bonds is 30. The topological polar surface area (TPSA) is 449 Å². The third-order valence-electron chi connectivity index (χ3n) is 13.7. The molecule has 2 saturated heterocycles. The lowest BCUT2D eigenvalue weighted by Gasteiger charge is -2.52. The van der Waals surface area contributed by atoms with Crippen LogP contribution >= 0.6 is 22.7 Å². The maximum absolute atomic E-state index is 13.9. The van der Waals surface area contributed by atoms with Crippen molar-refractivity contribution in [1.29, 1.82) is 0 Å². The van der Waals surface area contributed by atoms with Crippen LogP contribution < -0.4 is 62.8 Å². The highest BCUT2D eigenvalue weighted by molar-refractivity contribution is 7.81. The van der Waals surface area contributed by atoms with Crippen LogP contribution in [0.5, 0.6) is 11.5 Å². The third kappa shape index (κ3) is 15.4. The Morgan fingerprint density at radius 2 is 1.01 bits per heavy atom. The summed E-state index contributed by atoms with van der Waals surface area (Å²) in [5.74, 6) is -5.32. The number of thiazole rings is 2. The van der Waals surface area contributed by atoms with Gasteiger partial charge in [0.1, 0.15) is 48.2 Å². The van der Waals surface area contributed by atoms with Gasteiger partial charge in [-0.2, -0.15) is 18.5 Å². The summed E-state index contributed by atoms with van der Waals surface area (Å²) >= 11 is 1.81. The molecule has 472 valence electrons. The molecule has 2 aliphatic heterocycles. The first-order valence-corrected chi connectivity index (χ1v) is 29.9. The van der Waals surface area contributed by atoms with E-state index in [1.807, 2.05) is 59.9 Å². The molecule has 35 heteroatoms. The number of hydrogen-bond acceptors (Lipinski definition) is 26. The van der Waals surface area contributed by atoms with E-state index >= 15 is 0 Å². The number of hydrogen-bond donors (Lipinski definition) is 10. The zero-order valence-electron chi connectivity index (χ0n) is 48.5. The monoisotopic (exact) mass is 1290 g/mol. The second kappa shape index (κ2) is 27.6. The second-order valence-electron chi connectivity index (χ2n) is 20.8. The molecule has 0 bridgehead atoms. The highest BCUT2D eigenvalue weighted by Gasteiger charge is 2.61. The summed E-state index contributed by atoms with van der Waals surface area (Å²) in [4.78, 5) is 98.4. The Balaban J connectivity index is 0.863. The SMILES string of the molecule is C[n+]1ccc(-c2ccc(OC[C@H](O/N=C(\C(=O)N[C@@H]3C(=O)N(OS(=O)(=O)ON4C(=O)[C@@H](NC(=O)/C(=N\O[C@@H](COc5ccc(-c6cc[n+](C)c(NCCN)c6)cc5)C(=O)O)c5csc(N)n5)C4(C)C)C3(C)C)c3csc(N)n3)C(=O)O)cc2)cc1NCCN. The lowest BCUT2D eigenvalue weighted by atomic mass is 9.84. The number of hydroxylamine groups is 4. The average Bonchev–Trinajstić information content (AvgIpc) is 1.20. The number of anilines is 4. The van der Waals surface area contributed by atoms with Crippen LogP contribution in [-0.2, 0) is 71.5 Å². The van der Waals surface area contributed by atoms with Gasteiger partial charge >= 0.3 is 22.3 Å². The van der Waals surface area contributed by atoms with Gasteiger partial charge in [-0.15, -0.1) is 31.2 Å². The van der Waals surface area contributed by atoms with Gasteiger partial charge in [-0.25, -0.2) is 28.7 Å². The number of aryl methyl sites for hydroxylation is 2. The number of nitrogens with one attached hydrogen (secondary N) is 4. The highest BCUT2D eigenvalue weighted by Crippen LogP contribution is 2.37. The number of aliphatic carboxylic acids is 2. The molecule has 32 nitrogen and oxygen atoms in total. The first kappa shape index (κ1) is 65.3. The van der Waals surface area contributed by atoms with Crippen LogP contribution in [0.1, 0.15) is 39.1 Å². The molecule has 8 rings (SSSR count). The second-order valence-corrected chi connectivity index (χ2v) is 23.6. The molecule has 4 atom stereocenters. The van der Waals surface area contributed by atoms with E-state index in [4.69, 9.17) is 50.7 Å². The Morgan fingerprint density at radius 3 is 1.33 bits per heavy atom. The van der Waals surface area contributed by atoms with Crippen molar-refractivity contribution in [3.8, 4) is 33.8 Å². The standard InChI is InChI=1S/C54H62N16O16S3/c1-53(2)43(63-45(71)41(35-27-87-51(57)61-35)65-83-37(49(75)76)25-81-33-11-7-29(8-12-33)31-15-21-67(5)39(23-31)59-19-17-55)47(73)69(53)85-89(79,80)86-70-48(74)44(54(70,3)4)64-46(72)42(36-28-88-52(58)62-36)66-84-38(50(77)78)26-82-34-13-9-30(10-14-34)32-16-22-68(6)40(24-32)60-20-18-56/h7-16,21-24,27-28,37-38,43-44H,17-20,25-26,55-56H2,1-6H3,(H8,57,58,61,62,63,64,71,72,75,76,77,78)/p+2/b65-41-,66-42-/t37-,38-,43+,44+/m0/s1. The maximum atomic E-state index is 13.9. The quantitative estimate of drug-likeness (QED) is 0.0123. The molecule has 2 fully saturated rings. The van der Waals surface area contributed by atoms with Gasteiger partial charge in [0.05, 0.1) is 50.7 Å². The molecule has 2 aliphatic rings. The fourth-order valence-electron chi connectivity index (χ4n) is 8.66. The molecule has 14 N–H and O–H groups in total. The smallest absolute Gasteiger partial charge is 0.442 e. The van der Waals surface area contributed by atoms with E-state index in [1.165, 1.54) is 38.5 Å². The van der Waals surface area contributed by atoms with Crippen LogP contribution in [0.2, 0.25) is 0 Å². The third-order valence-corrected chi connectivity index (χ3v) is 15.7. The van der Waals surface area contributed by atoms with Crippen molar-refractivity contribution in [3.05, 3.63) is 107 Å². The number of nitrogens with two attached hydrogens (primary N) is 4. The van der Waals surface area contributed by atoms with Crippen molar-refractivity contribution in [3.63, 3.8) is 0 Å². The van der Waals surface area contributed by atoms with Crippen molar-refractivity contribution >= 4 is 102 Å². The van der Waals surface area contributed by atoms with E-state index in [0.29, 0.717) is 36.3 Å². The van der Waals surface area contributed by atoms with Crippen molar-refractivity contribution in [2.75, 3.05) is 61.5 Å². The first-order chi connectivity index (χ1) is 42.2. The van der Waals surface area contributed by atoms with Gasteiger partial charge in [-0.1, -0.05) is 34.6 Å². The predicted octanol–water partition coefficient (Wildman–Crippen LogP) is 0.0134. The number of carbonyl (C=O) groups excluding carboxylic acids is 4. The van der Waals surface area contributed by atoms with Gasteiger partial charge in [0.25, 0.3) is 47.5 Å². The normalized spacial score (nSPS) is 16.9. The number of carboxylic acid groups (broad SMARTS) is 2. The number of carbonyl (C=O) groups is 6. The molecule has 0 saturated carbocycles. The van der Waals surface area contributed by atoms with Crippen molar-refractivity contribution < 1.29 is 84.2 Å². The number of pyridine rings is 2. The number of ether oxygens (including phenoxy) is 2. The highest BCUT2D eigenvalue weighted by atomic mass is 32.3. The minimum Gasteiger partial charge on any atom is -0.489 e. The molecule has 2 aromatic carbocycles. The minimum atomic E-state index is -5.37. The van der Waals surface area contributed by atoms with Crippen LogP contribution in [0.25, 0.3) is 22.3 Å². The Morgan fingerprint density at radius 1 is 0.640 bits per heavy atom. The molecule has 0 unspecified atom stereocenters. The minimum absolute atomic E-state index is 0.0145. The van der Waals surface area contributed by atoms with E-state index in [2.05, 4.69) is 41.5 Å². The van der Waals surface area contributed by atoms with Crippen LogP contribution in [0.4, 0.5) is 21.9 Å². The molecular formula is C54H64N16O16S3+2. The van der Waals surface area contributed by atoms with Gasteiger partial charge in [0.2, 0.25) is 0 Å². The summed E-state index contributed by atoms with van der Waals surface area (Å²) in [7, 11) is -1.60. The van der Waals surface area contributed by atoms with Crippen LogP contribution in [0, 0.1) is 0 Å².